The number of thiophene rings is 1. The number of carbonyl (C=O) groups excluding carboxylic acids is 1. The van der Waals surface area contributed by atoms with E-state index in [0.717, 1.165) is 19.3 Å². The quantitative estimate of drug-likeness (QED) is 0.778. The van der Waals surface area contributed by atoms with Gasteiger partial charge in [-0.15, -0.1) is 11.3 Å². The van der Waals surface area contributed by atoms with Crippen LogP contribution in [0.3, 0.4) is 0 Å². The Morgan fingerprint density at radius 1 is 1.35 bits per heavy atom. The van der Waals surface area contributed by atoms with Gasteiger partial charge < -0.3 is 0 Å². The van der Waals surface area contributed by atoms with E-state index in [9.17, 15) is 4.79 Å². The highest BCUT2D eigenvalue weighted by molar-refractivity contribution is 7.17. The summed E-state index contributed by atoms with van der Waals surface area (Å²) in [6.45, 7) is 2.09. The molecule has 0 saturated heterocycles. The lowest BCUT2D eigenvalue weighted by molar-refractivity contribution is -0.120. The molecule has 3 rings (SSSR count). The van der Waals surface area contributed by atoms with Crippen molar-refractivity contribution in [2.75, 3.05) is 0 Å². The van der Waals surface area contributed by atoms with Gasteiger partial charge in [-0.05, 0) is 41.2 Å². The maximum Gasteiger partial charge on any atom is 0.135 e. The van der Waals surface area contributed by atoms with Crippen LogP contribution >= 0.6 is 11.3 Å². The summed E-state index contributed by atoms with van der Waals surface area (Å²) in [5.74, 6) is 1.27. The standard InChI is InChI=1S/C15H16OS/c1-10-11(6-7-14(10)16)8-12-9-17-15-5-3-2-4-13(12)15/h2-5,9-11H,6-8H2,1H3. The first-order chi connectivity index (χ1) is 8.25. The zero-order valence-electron chi connectivity index (χ0n) is 9.98. The summed E-state index contributed by atoms with van der Waals surface area (Å²) in [6.07, 6.45) is 2.93. The topological polar surface area (TPSA) is 17.1 Å². The molecule has 1 saturated carbocycles. The summed E-state index contributed by atoms with van der Waals surface area (Å²) in [4.78, 5) is 11.6. The van der Waals surface area contributed by atoms with Gasteiger partial charge in [-0.3, -0.25) is 4.79 Å². The van der Waals surface area contributed by atoms with Crippen molar-refractivity contribution in [3.8, 4) is 0 Å². The van der Waals surface area contributed by atoms with E-state index in [1.807, 2.05) is 11.3 Å². The molecular formula is C15H16OS. The van der Waals surface area contributed by atoms with Crippen molar-refractivity contribution in [3.63, 3.8) is 0 Å². The highest BCUT2D eigenvalue weighted by Crippen LogP contribution is 2.34. The zero-order chi connectivity index (χ0) is 11.8. The molecule has 1 heterocycles. The van der Waals surface area contributed by atoms with E-state index >= 15 is 0 Å². The van der Waals surface area contributed by atoms with Crippen LogP contribution in [0.15, 0.2) is 29.6 Å². The highest BCUT2D eigenvalue weighted by atomic mass is 32.1. The molecule has 2 atom stereocenters. The predicted molar refractivity (Wildman–Crippen MR) is 72.4 cm³/mol. The van der Waals surface area contributed by atoms with Gasteiger partial charge in [-0.2, -0.15) is 0 Å². The van der Waals surface area contributed by atoms with Crippen molar-refractivity contribution in [2.24, 2.45) is 11.8 Å². The Morgan fingerprint density at radius 2 is 2.18 bits per heavy atom. The summed E-state index contributed by atoms with van der Waals surface area (Å²) in [5.41, 5.74) is 1.43. The molecule has 2 heteroatoms. The van der Waals surface area contributed by atoms with E-state index in [-0.39, 0.29) is 5.92 Å². The third-order valence-corrected chi connectivity index (χ3v) is 5.03. The number of carbonyl (C=O) groups is 1. The van der Waals surface area contributed by atoms with Gasteiger partial charge in [0.15, 0.2) is 0 Å². The Balaban J connectivity index is 1.88. The molecule has 2 unspecified atom stereocenters. The number of Topliss-reactive ketones (excluding diaryl/α,β-unsaturated/α-hetero) is 1. The molecule has 2 aromatic rings. The van der Waals surface area contributed by atoms with Crippen LogP contribution in [-0.4, -0.2) is 5.78 Å². The molecule has 1 aliphatic carbocycles. The zero-order valence-corrected chi connectivity index (χ0v) is 10.8. The molecular weight excluding hydrogens is 228 g/mol. The smallest absolute Gasteiger partial charge is 0.135 e. The lowest BCUT2D eigenvalue weighted by atomic mass is 9.90. The van der Waals surface area contributed by atoms with E-state index in [1.54, 1.807) is 0 Å². The van der Waals surface area contributed by atoms with Gasteiger partial charge in [-0.25, -0.2) is 0 Å². The molecule has 88 valence electrons. The molecule has 0 N–H and O–H groups in total. The minimum absolute atomic E-state index is 0.258. The van der Waals surface area contributed by atoms with Gasteiger partial charge in [0.1, 0.15) is 5.78 Å². The summed E-state index contributed by atoms with van der Waals surface area (Å²) in [7, 11) is 0. The van der Waals surface area contributed by atoms with E-state index in [2.05, 4.69) is 36.6 Å². The van der Waals surface area contributed by atoms with Gasteiger partial charge in [0.2, 0.25) is 0 Å². The maximum absolute atomic E-state index is 11.6. The Morgan fingerprint density at radius 3 is 2.94 bits per heavy atom. The Hall–Kier alpha value is -1.15. The maximum atomic E-state index is 11.6. The van der Waals surface area contributed by atoms with Crippen LogP contribution in [-0.2, 0) is 11.2 Å². The normalized spacial score (nSPS) is 24.6. The first kappa shape index (κ1) is 11.0. The summed E-state index contributed by atoms with van der Waals surface area (Å²) in [5, 5.41) is 3.64. The molecule has 0 aliphatic heterocycles. The number of benzene rings is 1. The molecule has 0 bridgehead atoms. The fourth-order valence-corrected chi connectivity index (χ4v) is 3.80. The van der Waals surface area contributed by atoms with Crippen LogP contribution in [0.5, 0.6) is 0 Å². The van der Waals surface area contributed by atoms with Gasteiger partial charge in [0.05, 0.1) is 0 Å². The Labute approximate surface area is 105 Å². The third-order valence-electron chi connectivity index (χ3n) is 4.02. The number of hydrogen-bond donors (Lipinski definition) is 0. The van der Waals surface area contributed by atoms with Crippen molar-refractivity contribution >= 4 is 27.2 Å². The van der Waals surface area contributed by atoms with Crippen LogP contribution in [0.25, 0.3) is 10.1 Å². The van der Waals surface area contributed by atoms with Crippen LogP contribution in [0.1, 0.15) is 25.3 Å². The van der Waals surface area contributed by atoms with Gasteiger partial charge in [0, 0.05) is 17.0 Å². The highest BCUT2D eigenvalue weighted by Gasteiger charge is 2.31. The van der Waals surface area contributed by atoms with Crippen molar-refractivity contribution < 1.29 is 4.79 Å². The van der Waals surface area contributed by atoms with Gasteiger partial charge in [0.25, 0.3) is 0 Å². The fourth-order valence-electron chi connectivity index (χ4n) is 2.82. The van der Waals surface area contributed by atoms with E-state index in [1.165, 1.54) is 15.6 Å². The molecule has 0 spiro atoms. The minimum Gasteiger partial charge on any atom is -0.299 e. The molecule has 1 aromatic carbocycles. The largest absolute Gasteiger partial charge is 0.299 e. The number of ketones is 1. The lowest BCUT2D eigenvalue weighted by Gasteiger charge is -2.13. The fraction of sp³-hybridized carbons (Fsp3) is 0.400. The molecule has 1 nitrogen and oxygen atoms in total. The van der Waals surface area contributed by atoms with Crippen molar-refractivity contribution in [1.82, 2.24) is 0 Å². The Bertz CT molecular complexity index is 555. The van der Waals surface area contributed by atoms with Crippen LogP contribution in [0.4, 0.5) is 0 Å². The van der Waals surface area contributed by atoms with Crippen molar-refractivity contribution in [1.29, 1.82) is 0 Å². The molecule has 17 heavy (non-hydrogen) atoms. The first-order valence-electron chi connectivity index (χ1n) is 6.23. The van der Waals surface area contributed by atoms with E-state index in [0.29, 0.717) is 11.7 Å². The third kappa shape index (κ3) is 1.91. The van der Waals surface area contributed by atoms with Gasteiger partial charge >= 0.3 is 0 Å². The van der Waals surface area contributed by atoms with E-state index in [4.69, 9.17) is 0 Å². The lowest BCUT2D eigenvalue weighted by Crippen LogP contribution is -2.12. The monoisotopic (exact) mass is 244 g/mol. The van der Waals surface area contributed by atoms with Crippen molar-refractivity contribution in [2.45, 2.75) is 26.2 Å². The second-order valence-corrected chi connectivity index (χ2v) is 5.93. The summed E-state index contributed by atoms with van der Waals surface area (Å²) < 4.78 is 1.36. The molecule has 1 aromatic heterocycles. The second-order valence-electron chi connectivity index (χ2n) is 5.01. The second kappa shape index (κ2) is 4.26. The van der Waals surface area contributed by atoms with Crippen LogP contribution < -0.4 is 0 Å². The Kier molecular flexibility index (Phi) is 2.75. The molecule has 0 amide bonds. The molecule has 0 radical (unpaired) electrons. The van der Waals surface area contributed by atoms with Crippen LogP contribution in [0, 0.1) is 11.8 Å². The van der Waals surface area contributed by atoms with Crippen LogP contribution in [0.2, 0.25) is 0 Å². The average Bonchev–Trinajstić information content (AvgIpc) is 2.89. The average molecular weight is 244 g/mol. The minimum atomic E-state index is 0.258. The summed E-state index contributed by atoms with van der Waals surface area (Å²) >= 11 is 1.81. The predicted octanol–water partition coefficient (Wildman–Crippen LogP) is 4.06. The molecule has 1 aliphatic rings. The molecule has 1 fully saturated rings. The summed E-state index contributed by atoms with van der Waals surface area (Å²) in [6, 6.07) is 8.56. The SMILES string of the molecule is CC1C(=O)CCC1Cc1csc2ccccc12. The number of fused-ring (bicyclic) bond motifs is 1. The van der Waals surface area contributed by atoms with Gasteiger partial charge in [-0.1, -0.05) is 25.1 Å². The van der Waals surface area contributed by atoms with E-state index < -0.39 is 0 Å². The van der Waals surface area contributed by atoms with Crippen molar-refractivity contribution in [3.05, 3.63) is 35.2 Å². The first-order valence-corrected chi connectivity index (χ1v) is 7.11. The number of rotatable bonds is 2. The number of hydrogen-bond acceptors (Lipinski definition) is 2.